The molecule has 0 spiro atoms. The molecule has 0 fully saturated rings. The zero-order valence-corrected chi connectivity index (χ0v) is 26.2. The van der Waals surface area contributed by atoms with E-state index >= 15 is 0 Å². The van der Waals surface area contributed by atoms with Crippen LogP contribution in [0.1, 0.15) is 142 Å². The minimum absolute atomic E-state index is 0. The predicted octanol–water partition coefficient (Wildman–Crippen LogP) is 6.40. The smallest absolute Gasteiger partial charge is 0.549 e. The first-order valence-corrected chi connectivity index (χ1v) is 16.4. The molecule has 7 heteroatoms. The molecule has 0 aliphatic rings. The number of aliphatic carboxylic acids is 2. The maximum atomic E-state index is 10.1. The zero-order chi connectivity index (χ0) is 25.5. The number of carbonyl (C=O) groups excluding carboxylic acids is 2. The second-order valence-corrected chi connectivity index (χ2v) is 11.4. The molecule has 0 saturated heterocycles. The van der Waals surface area contributed by atoms with Crippen LogP contribution in [0.2, 0.25) is 0 Å². The van der Waals surface area contributed by atoms with E-state index in [1.54, 1.807) is 0 Å². The van der Waals surface area contributed by atoms with Crippen LogP contribution in [0.3, 0.4) is 0 Å². The summed E-state index contributed by atoms with van der Waals surface area (Å²) >= 11 is 2.95. The Kier molecular flexibility index (Phi) is 41.7. The molecule has 0 atom stereocenters. The van der Waals surface area contributed by atoms with Crippen LogP contribution in [-0.2, 0) is 9.59 Å². The third kappa shape index (κ3) is 44.8. The van der Waals surface area contributed by atoms with Gasteiger partial charge in [-0.1, -0.05) is 129 Å². The van der Waals surface area contributed by atoms with Crippen molar-refractivity contribution in [1.29, 1.82) is 0 Å². The van der Waals surface area contributed by atoms with Crippen molar-refractivity contribution in [2.75, 3.05) is 23.0 Å². The molecule has 0 bridgehead atoms. The SMILES string of the molecule is CCCCCCCCCCCCSCC(=O)[O-].CCCCCCCCCCCCSCC(=O)[O-].[Mg+2]. The van der Waals surface area contributed by atoms with Crippen LogP contribution >= 0.6 is 23.5 Å². The average molecular weight is 543 g/mol. The molecular weight excluding hydrogens is 489 g/mol. The fourth-order valence-electron chi connectivity index (χ4n) is 3.69. The summed E-state index contributed by atoms with van der Waals surface area (Å²) in [6.45, 7) is 4.50. The molecule has 0 aromatic carbocycles. The molecule has 0 radical (unpaired) electrons. The summed E-state index contributed by atoms with van der Waals surface area (Å²) in [6, 6.07) is 0. The van der Waals surface area contributed by atoms with E-state index in [1.165, 1.54) is 139 Å². The Labute approximate surface area is 242 Å². The van der Waals surface area contributed by atoms with Gasteiger partial charge in [0.2, 0.25) is 0 Å². The summed E-state index contributed by atoms with van der Waals surface area (Å²) in [7, 11) is 0. The maximum absolute atomic E-state index is 10.1. The van der Waals surface area contributed by atoms with E-state index in [4.69, 9.17) is 0 Å². The quantitative estimate of drug-likeness (QED) is 0.0929. The Morgan fingerprint density at radius 1 is 0.457 bits per heavy atom. The van der Waals surface area contributed by atoms with Gasteiger partial charge >= 0.3 is 23.1 Å². The third-order valence-electron chi connectivity index (χ3n) is 5.72. The number of carboxylic acid groups (broad SMARTS) is 2. The molecule has 0 aliphatic heterocycles. The van der Waals surface area contributed by atoms with Crippen LogP contribution < -0.4 is 10.2 Å². The second-order valence-electron chi connectivity index (χ2n) is 9.21. The fourth-order valence-corrected chi connectivity index (χ4v) is 5.13. The van der Waals surface area contributed by atoms with E-state index in [2.05, 4.69) is 13.8 Å². The van der Waals surface area contributed by atoms with Crippen LogP contribution in [0, 0.1) is 0 Å². The van der Waals surface area contributed by atoms with E-state index in [1.807, 2.05) is 0 Å². The third-order valence-corrected chi connectivity index (χ3v) is 7.76. The van der Waals surface area contributed by atoms with Crippen LogP contribution in [0.5, 0.6) is 0 Å². The Morgan fingerprint density at radius 2 is 0.686 bits per heavy atom. The van der Waals surface area contributed by atoms with Gasteiger partial charge in [-0.3, -0.25) is 0 Å². The number of unbranched alkanes of at least 4 members (excludes halogenated alkanes) is 18. The van der Waals surface area contributed by atoms with Gasteiger partial charge in [0, 0.05) is 11.5 Å². The van der Waals surface area contributed by atoms with Gasteiger partial charge in [-0.2, -0.15) is 23.5 Å². The Hall–Kier alpha value is 0.406. The Morgan fingerprint density at radius 3 is 0.914 bits per heavy atom. The molecule has 0 N–H and O–H groups in total. The van der Waals surface area contributed by atoms with E-state index in [0.29, 0.717) is 0 Å². The monoisotopic (exact) mass is 542 g/mol. The normalized spacial score (nSPS) is 10.3. The minimum atomic E-state index is -0.943. The van der Waals surface area contributed by atoms with Gasteiger partial charge in [0.15, 0.2) is 0 Å². The molecule has 204 valence electrons. The second kappa shape index (κ2) is 36.6. The summed E-state index contributed by atoms with van der Waals surface area (Å²) in [5, 5.41) is 20.3. The van der Waals surface area contributed by atoms with E-state index in [-0.39, 0.29) is 34.6 Å². The van der Waals surface area contributed by atoms with Gasteiger partial charge in [0.05, 0.1) is 11.9 Å². The zero-order valence-electron chi connectivity index (χ0n) is 23.1. The van der Waals surface area contributed by atoms with Gasteiger partial charge in [-0.25, -0.2) is 0 Å². The van der Waals surface area contributed by atoms with Crippen LogP contribution in [0.4, 0.5) is 0 Å². The first kappa shape index (κ1) is 39.9. The van der Waals surface area contributed by atoms with Crippen molar-refractivity contribution >= 4 is 58.5 Å². The Balaban J connectivity index is -0.000000569. The molecule has 0 heterocycles. The first-order valence-electron chi connectivity index (χ1n) is 14.1. The number of thioether (sulfide) groups is 2. The number of hydrogen-bond donors (Lipinski definition) is 0. The van der Waals surface area contributed by atoms with Gasteiger partial charge < -0.3 is 19.8 Å². The number of hydrogen-bond acceptors (Lipinski definition) is 6. The largest absolute Gasteiger partial charge is 2.00 e. The molecule has 0 unspecified atom stereocenters. The number of carbonyl (C=O) groups is 2. The van der Waals surface area contributed by atoms with E-state index in [9.17, 15) is 19.8 Å². The topological polar surface area (TPSA) is 80.3 Å². The van der Waals surface area contributed by atoms with Gasteiger partial charge in [-0.05, 0) is 24.3 Å². The molecule has 35 heavy (non-hydrogen) atoms. The van der Waals surface area contributed by atoms with Crippen molar-refractivity contribution in [1.82, 2.24) is 0 Å². The molecule has 0 saturated carbocycles. The van der Waals surface area contributed by atoms with Crippen molar-refractivity contribution < 1.29 is 19.8 Å². The van der Waals surface area contributed by atoms with Crippen LogP contribution in [-0.4, -0.2) is 58.0 Å². The molecule has 0 aliphatic carbocycles. The summed E-state index contributed by atoms with van der Waals surface area (Å²) in [5.74, 6) is 0.341. The van der Waals surface area contributed by atoms with Crippen molar-refractivity contribution in [3.05, 3.63) is 0 Å². The number of carboxylic acids is 2. The van der Waals surface area contributed by atoms with Crippen LogP contribution in [0.15, 0.2) is 0 Å². The van der Waals surface area contributed by atoms with Crippen molar-refractivity contribution in [2.45, 2.75) is 142 Å². The predicted molar refractivity (Wildman–Crippen MR) is 154 cm³/mol. The van der Waals surface area contributed by atoms with Crippen molar-refractivity contribution in [2.24, 2.45) is 0 Å². The number of rotatable bonds is 26. The molecule has 4 nitrogen and oxygen atoms in total. The maximum Gasteiger partial charge on any atom is 2.00 e. The van der Waals surface area contributed by atoms with Crippen LogP contribution in [0.25, 0.3) is 0 Å². The Bertz CT molecular complexity index is 388. The average Bonchev–Trinajstić information content (AvgIpc) is 2.80. The first-order chi connectivity index (χ1) is 16.5. The molecular formula is C28H54MgO4S2. The van der Waals surface area contributed by atoms with Crippen molar-refractivity contribution in [3.8, 4) is 0 Å². The van der Waals surface area contributed by atoms with E-state index in [0.717, 1.165) is 24.3 Å². The van der Waals surface area contributed by atoms with Gasteiger partial charge in [-0.15, -0.1) is 0 Å². The molecule has 0 aromatic rings. The molecule has 0 aromatic heterocycles. The molecule has 0 rings (SSSR count). The molecule has 0 amide bonds. The minimum Gasteiger partial charge on any atom is -0.549 e. The fraction of sp³-hybridized carbons (Fsp3) is 0.929. The summed E-state index contributed by atoms with van der Waals surface area (Å²) < 4.78 is 0. The van der Waals surface area contributed by atoms with E-state index < -0.39 is 11.9 Å². The standard InChI is InChI=1S/2C14H28O2S.Mg/c2*1-2-3-4-5-6-7-8-9-10-11-12-17-13-14(15)16;/h2*2-13H2,1H3,(H,15,16);/q;;+2/p-2. The summed E-state index contributed by atoms with van der Waals surface area (Å²) in [6.07, 6.45) is 26.6. The van der Waals surface area contributed by atoms with Gasteiger partial charge in [0.25, 0.3) is 0 Å². The van der Waals surface area contributed by atoms with Crippen molar-refractivity contribution in [3.63, 3.8) is 0 Å². The van der Waals surface area contributed by atoms with Gasteiger partial charge in [0.1, 0.15) is 0 Å². The summed E-state index contributed by atoms with van der Waals surface area (Å²) in [5.41, 5.74) is 0. The summed E-state index contributed by atoms with van der Waals surface area (Å²) in [4.78, 5) is 20.3.